The molecule has 0 spiro atoms. The molecule has 3 heterocycles. The van der Waals surface area contributed by atoms with Crippen molar-refractivity contribution in [2.45, 2.75) is 57.4 Å². The second-order valence-electron chi connectivity index (χ2n) is 5.52. The first-order chi connectivity index (χ1) is 9.69. The molecule has 3 unspecified atom stereocenters. The molecule has 1 saturated heterocycles. The van der Waals surface area contributed by atoms with Crippen LogP contribution in [-0.4, -0.2) is 39.4 Å². The topological polar surface area (TPSA) is 95.1 Å². The molecule has 2 aliphatic heterocycles. The van der Waals surface area contributed by atoms with E-state index in [9.17, 15) is 4.79 Å². The predicted octanol–water partition coefficient (Wildman–Crippen LogP) is -0.0922. The smallest absolute Gasteiger partial charge is 0.249 e. The van der Waals surface area contributed by atoms with Gasteiger partial charge in [-0.1, -0.05) is 0 Å². The molecule has 1 amide bonds. The van der Waals surface area contributed by atoms with E-state index in [0.717, 1.165) is 43.9 Å². The summed E-state index contributed by atoms with van der Waals surface area (Å²) in [4.78, 5) is 12.2. The number of ether oxygens (including phenoxy) is 1. The van der Waals surface area contributed by atoms with Gasteiger partial charge >= 0.3 is 0 Å². The van der Waals surface area contributed by atoms with Crippen molar-refractivity contribution in [2.24, 2.45) is 5.73 Å². The molecule has 1 fully saturated rings. The molecule has 0 bridgehead atoms. The van der Waals surface area contributed by atoms with Crippen molar-refractivity contribution in [2.75, 3.05) is 6.54 Å². The number of carbonyl (C=O) groups is 1. The van der Waals surface area contributed by atoms with Gasteiger partial charge in [0.2, 0.25) is 5.91 Å². The van der Waals surface area contributed by atoms with E-state index in [1.54, 1.807) is 0 Å². The van der Waals surface area contributed by atoms with E-state index in [1.165, 1.54) is 0 Å². The number of nitrogens with two attached hydrogens (primary N) is 1. The first-order valence-electron chi connectivity index (χ1n) is 7.27. The van der Waals surface area contributed by atoms with Crippen LogP contribution in [-0.2, 0) is 22.5 Å². The number of rotatable bonds is 4. The van der Waals surface area contributed by atoms with E-state index in [0.29, 0.717) is 6.54 Å². The molecule has 3 N–H and O–H groups in total. The molecule has 7 nitrogen and oxygen atoms in total. The van der Waals surface area contributed by atoms with Crippen LogP contribution in [0.3, 0.4) is 0 Å². The third kappa shape index (κ3) is 2.43. The van der Waals surface area contributed by atoms with E-state index in [2.05, 4.69) is 20.1 Å². The van der Waals surface area contributed by atoms with Crippen LogP contribution in [0.4, 0.5) is 0 Å². The van der Waals surface area contributed by atoms with E-state index in [-0.39, 0.29) is 24.2 Å². The summed E-state index contributed by atoms with van der Waals surface area (Å²) in [6, 6.07) is -0.151. The zero-order chi connectivity index (χ0) is 14.1. The second kappa shape index (κ2) is 5.49. The van der Waals surface area contributed by atoms with Crippen molar-refractivity contribution >= 4 is 5.91 Å². The Morgan fingerprint density at radius 1 is 1.55 bits per heavy atom. The summed E-state index contributed by atoms with van der Waals surface area (Å²) in [6.45, 7) is 3.34. The SMILES string of the molecule is CC(NC(=O)C1CCC(CN)O1)c1nnc2n1CCC2. The monoisotopic (exact) mass is 279 g/mol. The minimum absolute atomic E-state index is 0.0124. The van der Waals surface area contributed by atoms with Crippen LogP contribution in [0.25, 0.3) is 0 Å². The Bertz CT molecular complexity index is 501. The van der Waals surface area contributed by atoms with Gasteiger partial charge < -0.3 is 20.4 Å². The molecule has 110 valence electrons. The molecule has 20 heavy (non-hydrogen) atoms. The maximum absolute atomic E-state index is 12.2. The Morgan fingerprint density at radius 3 is 3.15 bits per heavy atom. The van der Waals surface area contributed by atoms with Gasteiger partial charge in [-0.15, -0.1) is 10.2 Å². The summed E-state index contributed by atoms with van der Waals surface area (Å²) in [5.74, 6) is 1.77. The van der Waals surface area contributed by atoms with Crippen molar-refractivity contribution in [1.82, 2.24) is 20.1 Å². The number of amides is 1. The van der Waals surface area contributed by atoms with Gasteiger partial charge in [-0.05, 0) is 26.2 Å². The van der Waals surface area contributed by atoms with Gasteiger partial charge in [0.25, 0.3) is 0 Å². The number of aromatic nitrogens is 3. The summed E-state index contributed by atoms with van der Waals surface area (Å²) in [7, 11) is 0. The Hall–Kier alpha value is -1.47. The number of fused-ring (bicyclic) bond motifs is 1. The van der Waals surface area contributed by atoms with Gasteiger partial charge in [-0.3, -0.25) is 4.79 Å². The molecule has 0 saturated carbocycles. The van der Waals surface area contributed by atoms with Gasteiger partial charge in [0.05, 0.1) is 12.1 Å². The molecule has 0 aromatic carbocycles. The number of nitrogens with one attached hydrogen (secondary N) is 1. The molecule has 3 rings (SSSR count). The summed E-state index contributed by atoms with van der Waals surface area (Å²) in [5, 5.41) is 11.3. The molecular formula is C13H21N5O2. The second-order valence-corrected chi connectivity index (χ2v) is 5.52. The molecule has 2 aliphatic rings. The largest absolute Gasteiger partial charge is 0.364 e. The molecule has 1 aromatic rings. The number of nitrogens with zero attached hydrogens (tertiary/aromatic N) is 3. The zero-order valence-electron chi connectivity index (χ0n) is 11.7. The van der Waals surface area contributed by atoms with Crippen molar-refractivity contribution in [3.05, 3.63) is 11.6 Å². The highest BCUT2D eigenvalue weighted by Crippen LogP contribution is 2.22. The van der Waals surface area contributed by atoms with Crippen molar-refractivity contribution in [1.29, 1.82) is 0 Å². The molecule has 0 aliphatic carbocycles. The standard InChI is InChI=1S/C13H21N5O2/c1-8(12-17-16-11-3-2-6-18(11)12)15-13(19)10-5-4-9(7-14)20-10/h8-10H,2-7,14H2,1H3,(H,15,19). The molecular weight excluding hydrogens is 258 g/mol. The summed E-state index contributed by atoms with van der Waals surface area (Å²) >= 11 is 0. The highest BCUT2D eigenvalue weighted by Gasteiger charge is 2.31. The lowest BCUT2D eigenvalue weighted by Crippen LogP contribution is -2.37. The summed E-state index contributed by atoms with van der Waals surface area (Å²) in [6.07, 6.45) is 3.28. The quantitative estimate of drug-likeness (QED) is 0.803. The molecule has 7 heteroatoms. The fraction of sp³-hybridized carbons (Fsp3) is 0.769. The van der Waals surface area contributed by atoms with E-state index >= 15 is 0 Å². The average Bonchev–Trinajstić information content (AvgIpc) is 3.14. The van der Waals surface area contributed by atoms with Gasteiger partial charge in [-0.25, -0.2) is 0 Å². The minimum Gasteiger partial charge on any atom is -0.364 e. The van der Waals surface area contributed by atoms with Crippen LogP contribution in [0.15, 0.2) is 0 Å². The van der Waals surface area contributed by atoms with E-state index < -0.39 is 0 Å². The number of aryl methyl sites for hydroxylation is 1. The molecule has 0 radical (unpaired) electrons. The number of hydrogen-bond acceptors (Lipinski definition) is 5. The third-order valence-corrected chi connectivity index (χ3v) is 4.05. The van der Waals surface area contributed by atoms with E-state index in [4.69, 9.17) is 10.5 Å². The Balaban J connectivity index is 1.61. The first kappa shape index (κ1) is 13.5. The van der Waals surface area contributed by atoms with Crippen LogP contribution < -0.4 is 11.1 Å². The maximum Gasteiger partial charge on any atom is 0.249 e. The lowest BCUT2D eigenvalue weighted by molar-refractivity contribution is -0.132. The lowest BCUT2D eigenvalue weighted by Gasteiger charge is -2.17. The number of hydrogen-bond donors (Lipinski definition) is 2. The van der Waals surface area contributed by atoms with Crippen molar-refractivity contribution in [3.63, 3.8) is 0 Å². The molecule has 1 aromatic heterocycles. The summed E-state index contributed by atoms with van der Waals surface area (Å²) in [5.41, 5.74) is 5.56. The first-order valence-corrected chi connectivity index (χ1v) is 7.27. The van der Waals surface area contributed by atoms with Crippen LogP contribution in [0, 0.1) is 0 Å². The Labute approximate surface area is 117 Å². The maximum atomic E-state index is 12.2. The van der Waals surface area contributed by atoms with Gasteiger partial charge in [0.1, 0.15) is 11.9 Å². The zero-order valence-corrected chi connectivity index (χ0v) is 11.7. The Kier molecular flexibility index (Phi) is 3.71. The van der Waals surface area contributed by atoms with Crippen LogP contribution in [0.5, 0.6) is 0 Å². The lowest BCUT2D eigenvalue weighted by atomic mass is 10.2. The average molecular weight is 279 g/mol. The summed E-state index contributed by atoms with van der Waals surface area (Å²) < 4.78 is 7.70. The van der Waals surface area contributed by atoms with Crippen molar-refractivity contribution < 1.29 is 9.53 Å². The van der Waals surface area contributed by atoms with E-state index in [1.807, 2.05) is 6.92 Å². The highest BCUT2D eigenvalue weighted by molar-refractivity contribution is 5.81. The third-order valence-electron chi connectivity index (χ3n) is 4.05. The number of carbonyl (C=O) groups excluding carboxylic acids is 1. The van der Waals surface area contributed by atoms with Gasteiger partial charge in [0, 0.05) is 19.5 Å². The van der Waals surface area contributed by atoms with Crippen LogP contribution in [0.2, 0.25) is 0 Å². The normalized spacial score (nSPS) is 26.5. The van der Waals surface area contributed by atoms with Crippen LogP contribution >= 0.6 is 0 Å². The van der Waals surface area contributed by atoms with Gasteiger partial charge in [-0.2, -0.15) is 0 Å². The highest BCUT2D eigenvalue weighted by atomic mass is 16.5. The van der Waals surface area contributed by atoms with Crippen LogP contribution in [0.1, 0.15) is 43.9 Å². The predicted molar refractivity (Wildman–Crippen MR) is 71.9 cm³/mol. The fourth-order valence-corrected chi connectivity index (χ4v) is 2.94. The van der Waals surface area contributed by atoms with Gasteiger partial charge in [0.15, 0.2) is 5.82 Å². The van der Waals surface area contributed by atoms with Crippen molar-refractivity contribution in [3.8, 4) is 0 Å². The molecule has 3 atom stereocenters. The Morgan fingerprint density at radius 2 is 2.40 bits per heavy atom. The minimum atomic E-state index is -0.382. The fourth-order valence-electron chi connectivity index (χ4n) is 2.94.